The van der Waals surface area contributed by atoms with E-state index in [-0.39, 0.29) is 29.9 Å². The van der Waals surface area contributed by atoms with E-state index in [2.05, 4.69) is 10.3 Å². The maximum atomic E-state index is 12.6. The van der Waals surface area contributed by atoms with E-state index >= 15 is 0 Å². The van der Waals surface area contributed by atoms with Crippen molar-refractivity contribution in [3.8, 4) is 0 Å². The van der Waals surface area contributed by atoms with Crippen molar-refractivity contribution in [2.45, 2.75) is 26.8 Å². The fourth-order valence-corrected chi connectivity index (χ4v) is 3.24. The van der Waals surface area contributed by atoms with Crippen molar-refractivity contribution in [1.29, 1.82) is 0 Å². The van der Waals surface area contributed by atoms with Crippen LogP contribution >= 0.6 is 34.8 Å². The Morgan fingerprint density at radius 1 is 1.15 bits per heavy atom. The Labute approximate surface area is 173 Å². The highest BCUT2D eigenvalue weighted by Crippen LogP contribution is 2.24. The van der Waals surface area contributed by atoms with Gasteiger partial charge in [0.05, 0.1) is 13.0 Å². The van der Waals surface area contributed by atoms with Crippen molar-refractivity contribution in [2.75, 3.05) is 13.1 Å². The first kappa shape index (κ1) is 21.5. The smallest absolute Gasteiger partial charge is 0.239 e. The average Bonchev–Trinajstić information content (AvgIpc) is 2.62. The van der Waals surface area contributed by atoms with Crippen molar-refractivity contribution in [3.05, 3.63) is 62.4 Å². The lowest BCUT2D eigenvalue weighted by molar-refractivity contribution is -0.135. The van der Waals surface area contributed by atoms with Crippen molar-refractivity contribution in [3.63, 3.8) is 0 Å². The van der Waals surface area contributed by atoms with E-state index in [0.717, 1.165) is 5.56 Å². The van der Waals surface area contributed by atoms with Crippen molar-refractivity contribution in [1.82, 2.24) is 15.2 Å². The van der Waals surface area contributed by atoms with Gasteiger partial charge in [-0.1, -0.05) is 46.9 Å². The molecule has 2 rings (SSSR count). The molecule has 27 heavy (non-hydrogen) atoms. The molecule has 8 heteroatoms. The van der Waals surface area contributed by atoms with Gasteiger partial charge in [0.2, 0.25) is 11.8 Å². The van der Waals surface area contributed by atoms with Gasteiger partial charge < -0.3 is 10.2 Å². The zero-order valence-corrected chi connectivity index (χ0v) is 17.3. The van der Waals surface area contributed by atoms with E-state index in [1.807, 2.05) is 12.1 Å². The van der Waals surface area contributed by atoms with Crippen molar-refractivity contribution >= 4 is 46.6 Å². The predicted octanol–water partition coefficient (Wildman–Crippen LogP) is 4.06. The normalized spacial score (nSPS) is 10.6. The molecule has 0 bridgehead atoms. The first-order valence-corrected chi connectivity index (χ1v) is 9.54. The minimum absolute atomic E-state index is 0.0107. The number of nitrogens with one attached hydrogen (secondary N) is 1. The van der Waals surface area contributed by atoms with Crippen molar-refractivity contribution < 1.29 is 9.59 Å². The van der Waals surface area contributed by atoms with E-state index in [9.17, 15) is 9.59 Å². The molecule has 1 aromatic carbocycles. The van der Waals surface area contributed by atoms with E-state index in [4.69, 9.17) is 34.8 Å². The molecule has 0 saturated heterocycles. The van der Waals surface area contributed by atoms with E-state index < -0.39 is 0 Å². The number of pyridine rings is 1. The molecule has 5 nitrogen and oxygen atoms in total. The zero-order valence-electron chi connectivity index (χ0n) is 15.1. The third-order valence-corrected chi connectivity index (χ3v) is 4.85. The average molecular weight is 429 g/mol. The van der Waals surface area contributed by atoms with Crippen LogP contribution in [0.25, 0.3) is 0 Å². The topological polar surface area (TPSA) is 62.3 Å². The van der Waals surface area contributed by atoms with Crippen LogP contribution in [0, 0.1) is 6.92 Å². The summed E-state index contributed by atoms with van der Waals surface area (Å²) >= 11 is 18.1. The van der Waals surface area contributed by atoms with Crippen LogP contribution in [0.2, 0.25) is 15.2 Å². The maximum Gasteiger partial charge on any atom is 0.239 e. The lowest BCUT2D eigenvalue weighted by atomic mass is 10.1. The van der Waals surface area contributed by atoms with Gasteiger partial charge in [0, 0.05) is 34.4 Å². The molecule has 0 atom stereocenters. The number of hydrogen-bond donors (Lipinski definition) is 1. The minimum Gasteiger partial charge on any atom is -0.350 e. The third kappa shape index (κ3) is 6.38. The van der Waals surface area contributed by atoms with Gasteiger partial charge in [0.15, 0.2) is 0 Å². The van der Waals surface area contributed by atoms with Gasteiger partial charge in [0.25, 0.3) is 0 Å². The second kappa shape index (κ2) is 9.93. The first-order valence-electron chi connectivity index (χ1n) is 8.40. The summed E-state index contributed by atoms with van der Waals surface area (Å²) in [7, 11) is 0. The van der Waals surface area contributed by atoms with Gasteiger partial charge in [-0.15, -0.1) is 0 Å². The van der Waals surface area contributed by atoms with Gasteiger partial charge >= 0.3 is 0 Å². The molecule has 0 aliphatic carbocycles. The second-order valence-electron chi connectivity index (χ2n) is 6.00. The molecule has 144 valence electrons. The number of hydrogen-bond acceptors (Lipinski definition) is 3. The third-order valence-electron chi connectivity index (χ3n) is 3.95. The fraction of sp³-hybridized carbons (Fsp3) is 0.316. The van der Waals surface area contributed by atoms with Gasteiger partial charge in [0.1, 0.15) is 5.15 Å². The Morgan fingerprint density at radius 2 is 1.81 bits per heavy atom. The Morgan fingerprint density at radius 3 is 2.41 bits per heavy atom. The Hall–Kier alpha value is -1.82. The molecule has 2 amide bonds. The van der Waals surface area contributed by atoms with Crippen LogP contribution in [-0.2, 0) is 22.6 Å². The second-order valence-corrected chi connectivity index (χ2v) is 7.20. The van der Waals surface area contributed by atoms with Gasteiger partial charge in [-0.2, -0.15) is 0 Å². The number of carbonyl (C=O) groups is 2. The zero-order chi connectivity index (χ0) is 20.0. The van der Waals surface area contributed by atoms with E-state index in [1.165, 1.54) is 4.90 Å². The lowest BCUT2D eigenvalue weighted by Crippen LogP contribution is -2.41. The molecule has 1 heterocycles. The van der Waals surface area contributed by atoms with Gasteiger partial charge in [-0.05, 0) is 37.6 Å². The molecule has 0 aliphatic heterocycles. The number of carbonyl (C=O) groups excluding carboxylic acids is 2. The van der Waals surface area contributed by atoms with Crippen molar-refractivity contribution in [2.24, 2.45) is 0 Å². The minimum atomic E-state index is -0.251. The molecule has 0 aliphatic rings. The predicted molar refractivity (Wildman–Crippen MR) is 108 cm³/mol. The largest absolute Gasteiger partial charge is 0.350 e. The van der Waals surface area contributed by atoms with Crippen LogP contribution < -0.4 is 5.32 Å². The molecular formula is C19H20Cl3N3O2. The van der Waals surface area contributed by atoms with Crippen LogP contribution in [0.1, 0.15) is 23.7 Å². The molecule has 0 unspecified atom stereocenters. The molecule has 0 radical (unpaired) electrons. The molecule has 0 fully saturated rings. The molecular weight excluding hydrogens is 409 g/mol. The molecule has 1 N–H and O–H groups in total. The number of likely N-dealkylation sites (N-methyl/N-ethyl adjacent to an activating group) is 1. The summed E-state index contributed by atoms with van der Waals surface area (Å²) in [5.41, 5.74) is 2.07. The number of benzene rings is 1. The number of halogens is 3. The Balaban J connectivity index is 1.94. The first-order chi connectivity index (χ1) is 12.8. The summed E-state index contributed by atoms with van der Waals surface area (Å²) < 4.78 is 0. The molecule has 2 aromatic rings. The van der Waals surface area contributed by atoms with E-state index in [0.29, 0.717) is 34.4 Å². The Kier molecular flexibility index (Phi) is 7.90. The summed E-state index contributed by atoms with van der Waals surface area (Å²) in [5.74, 6) is -0.493. The number of aryl methyl sites for hydroxylation is 1. The van der Waals surface area contributed by atoms with Crippen LogP contribution in [0.3, 0.4) is 0 Å². The standard InChI is InChI=1S/C19H20Cl3N3O2/c1-3-25(11-17(26)23-10-13-4-6-14(20)7-5-13)18(27)9-15-16(21)8-12(2)24-19(15)22/h4-8H,3,9-11H2,1-2H3,(H,23,26). The molecule has 0 spiro atoms. The SMILES string of the molecule is CCN(CC(=O)NCc1ccc(Cl)cc1)C(=O)Cc1c(Cl)cc(C)nc1Cl. The van der Waals surface area contributed by atoms with Gasteiger partial charge in [-0.3, -0.25) is 9.59 Å². The lowest BCUT2D eigenvalue weighted by Gasteiger charge is -2.21. The van der Waals surface area contributed by atoms with Crippen LogP contribution in [-0.4, -0.2) is 34.8 Å². The maximum absolute atomic E-state index is 12.6. The summed E-state index contributed by atoms with van der Waals surface area (Å²) in [6.07, 6.45) is -0.0107. The number of nitrogens with zero attached hydrogens (tertiary/aromatic N) is 2. The molecule has 0 saturated carbocycles. The quantitative estimate of drug-likeness (QED) is 0.677. The monoisotopic (exact) mass is 427 g/mol. The summed E-state index contributed by atoms with van der Waals surface area (Å²) in [5, 5.41) is 4.02. The summed E-state index contributed by atoms with van der Waals surface area (Å²) in [4.78, 5) is 30.3. The summed E-state index contributed by atoms with van der Waals surface area (Å²) in [6, 6.07) is 8.84. The fourth-order valence-electron chi connectivity index (χ4n) is 2.45. The molecule has 1 aromatic heterocycles. The highest BCUT2D eigenvalue weighted by atomic mass is 35.5. The number of aromatic nitrogens is 1. The van der Waals surface area contributed by atoms with E-state index in [1.54, 1.807) is 32.0 Å². The van der Waals surface area contributed by atoms with Crippen LogP contribution in [0.5, 0.6) is 0 Å². The van der Waals surface area contributed by atoms with Crippen LogP contribution in [0.4, 0.5) is 0 Å². The highest BCUT2D eigenvalue weighted by molar-refractivity contribution is 6.35. The Bertz CT molecular complexity index is 802. The van der Waals surface area contributed by atoms with Crippen LogP contribution in [0.15, 0.2) is 30.3 Å². The number of rotatable bonds is 7. The number of amides is 2. The highest BCUT2D eigenvalue weighted by Gasteiger charge is 2.19. The summed E-state index contributed by atoms with van der Waals surface area (Å²) in [6.45, 7) is 4.29. The van der Waals surface area contributed by atoms with Gasteiger partial charge in [-0.25, -0.2) is 4.98 Å².